The molecule has 0 bridgehead atoms. The van der Waals surface area contributed by atoms with Gasteiger partial charge in [0.2, 0.25) is 0 Å². The van der Waals surface area contributed by atoms with Crippen LogP contribution in [0.15, 0.2) is 42.5 Å². The van der Waals surface area contributed by atoms with Crippen LogP contribution in [0.5, 0.6) is 0 Å². The number of anilines is 1. The summed E-state index contributed by atoms with van der Waals surface area (Å²) in [5.74, 6) is -0.629. The summed E-state index contributed by atoms with van der Waals surface area (Å²) in [5, 5.41) is 11.0. The molecule has 3 rings (SSSR count). The van der Waals surface area contributed by atoms with Crippen molar-refractivity contribution in [1.82, 2.24) is 15.0 Å². The summed E-state index contributed by atoms with van der Waals surface area (Å²) in [6.07, 6.45) is 0.0252. The first-order chi connectivity index (χ1) is 13.9. The van der Waals surface area contributed by atoms with Gasteiger partial charge in [0.05, 0.1) is 11.1 Å². The molecule has 29 heavy (non-hydrogen) atoms. The number of carbonyl (C=O) groups is 2. The van der Waals surface area contributed by atoms with Crippen molar-refractivity contribution < 1.29 is 14.3 Å². The molecule has 0 aliphatic heterocycles. The van der Waals surface area contributed by atoms with Crippen molar-refractivity contribution >= 4 is 28.6 Å². The second kappa shape index (κ2) is 8.86. The van der Waals surface area contributed by atoms with Crippen molar-refractivity contribution in [3.63, 3.8) is 0 Å². The number of aromatic nitrogens is 3. The molecule has 1 N–H and O–H groups in total. The highest BCUT2D eigenvalue weighted by molar-refractivity contribution is 5.98. The van der Waals surface area contributed by atoms with E-state index in [0.717, 1.165) is 23.2 Å². The molecular formula is C22H26N4O3. The van der Waals surface area contributed by atoms with E-state index in [1.165, 1.54) is 0 Å². The average Bonchev–Trinajstić information content (AvgIpc) is 3.15. The number of nitrogens with zero attached hydrogens (tertiary/aromatic N) is 3. The Hall–Kier alpha value is -3.22. The third-order valence-corrected chi connectivity index (χ3v) is 5.06. The summed E-state index contributed by atoms with van der Waals surface area (Å²) in [6.45, 7) is 8.43. The van der Waals surface area contributed by atoms with Crippen molar-refractivity contribution in [3.8, 4) is 0 Å². The number of carbonyl (C=O) groups excluding carboxylic acids is 2. The Balaban J connectivity index is 1.69. The molecule has 7 nitrogen and oxygen atoms in total. The zero-order valence-electron chi connectivity index (χ0n) is 17.2. The minimum absolute atomic E-state index is 0.313. The monoisotopic (exact) mass is 394 g/mol. The van der Waals surface area contributed by atoms with E-state index in [-0.39, 0.29) is 5.91 Å². The van der Waals surface area contributed by atoms with Gasteiger partial charge < -0.3 is 10.1 Å². The van der Waals surface area contributed by atoms with Gasteiger partial charge in [-0.25, -0.2) is 9.48 Å². The molecule has 0 spiro atoms. The van der Waals surface area contributed by atoms with Crippen molar-refractivity contribution in [1.29, 1.82) is 0 Å². The number of para-hydroxylation sites is 1. The standard InChI is InChI=1S/C22H26N4O3/c1-5-14(3)17-9-7-8-10-18(17)23-21(27)15(4)29-22(28)16-11-12-20-19(13-16)24-25-26(20)6-2/h7-15H,5-6H2,1-4H3,(H,23,27)/t14-,15-/m0/s1. The first kappa shape index (κ1) is 20.5. The van der Waals surface area contributed by atoms with Gasteiger partial charge in [-0.2, -0.15) is 0 Å². The van der Waals surface area contributed by atoms with Crippen molar-refractivity contribution in [2.75, 3.05) is 5.32 Å². The number of ether oxygens (including phenoxy) is 1. The summed E-state index contributed by atoms with van der Waals surface area (Å²) < 4.78 is 7.12. The number of rotatable bonds is 7. The fourth-order valence-electron chi connectivity index (χ4n) is 3.11. The van der Waals surface area contributed by atoms with Gasteiger partial charge in [0, 0.05) is 12.2 Å². The lowest BCUT2D eigenvalue weighted by molar-refractivity contribution is -0.123. The lowest BCUT2D eigenvalue weighted by Gasteiger charge is -2.18. The van der Waals surface area contributed by atoms with E-state index < -0.39 is 12.1 Å². The minimum Gasteiger partial charge on any atom is -0.449 e. The fourth-order valence-corrected chi connectivity index (χ4v) is 3.11. The minimum atomic E-state index is -0.936. The van der Waals surface area contributed by atoms with Gasteiger partial charge in [0.15, 0.2) is 6.10 Å². The van der Waals surface area contributed by atoms with E-state index in [9.17, 15) is 9.59 Å². The van der Waals surface area contributed by atoms with Gasteiger partial charge in [-0.1, -0.05) is 37.3 Å². The Kier molecular flexibility index (Phi) is 6.26. The molecule has 2 aromatic carbocycles. The zero-order valence-corrected chi connectivity index (χ0v) is 17.2. The first-order valence-corrected chi connectivity index (χ1v) is 9.88. The van der Waals surface area contributed by atoms with E-state index in [0.29, 0.717) is 23.5 Å². The Morgan fingerprint density at radius 1 is 1.14 bits per heavy atom. The molecule has 0 aliphatic carbocycles. The van der Waals surface area contributed by atoms with Gasteiger partial charge in [-0.3, -0.25) is 4.79 Å². The van der Waals surface area contributed by atoms with E-state index in [2.05, 4.69) is 29.5 Å². The van der Waals surface area contributed by atoms with Crippen molar-refractivity contribution in [2.45, 2.75) is 52.7 Å². The smallest absolute Gasteiger partial charge is 0.338 e. The maximum absolute atomic E-state index is 12.6. The molecule has 7 heteroatoms. The second-order valence-electron chi connectivity index (χ2n) is 7.04. The number of hydrogen-bond acceptors (Lipinski definition) is 5. The summed E-state index contributed by atoms with van der Waals surface area (Å²) in [6, 6.07) is 12.7. The number of fused-ring (bicyclic) bond motifs is 1. The molecule has 0 unspecified atom stereocenters. The van der Waals surface area contributed by atoms with Crippen molar-refractivity contribution in [3.05, 3.63) is 53.6 Å². The number of nitrogens with one attached hydrogen (secondary N) is 1. The molecule has 1 aromatic heterocycles. The summed E-state index contributed by atoms with van der Waals surface area (Å²) in [4.78, 5) is 25.1. The van der Waals surface area contributed by atoms with Gasteiger partial charge in [-0.05, 0) is 56.0 Å². The maximum atomic E-state index is 12.6. The fraction of sp³-hybridized carbons (Fsp3) is 0.364. The van der Waals surface area contributed by atoms with Crippen LogP contribution in [0, 0.1) is 0 Å². The van der Waals surface area contributed by atoms with Gasteiger partial charge in [0.1, 0.15) is 5.52 Å². The normalized spacial score (nSPS) is 13.1. The summed E-state index contributed by atoms with van der Waals surface area (Å²) >= 11 is 0. The molecule has 0 aliphatic rings. The van der Waals surface area contributed by atoms with Crippen molar-refractivity contribution in [2.24, 2.45) is 0 Å². The zero-order chi connectivity index (χ0) is 21.0. The predicted octanol–water partition coefficient (Wildman–Crippen LogP) is 4.15. The third-order valence-electron chi connectivity index (χ3n) is 5.06. The molecule has 2 atom stereocenters. The highest BCUT2D eigenvalue weighted by atomic mass is 16.5. The largest absolute Gasteiger partial charge is 0.449 e. The molecule has 0 radical (unpaired) electrons. The third kappa shape index (κ3) is 4.45. The van der Waals surface area contributed by atoms with E-state index in [4.69, 9.17) is 4.74 Å². The van der Waals surface area contributed by atoms with Gasteiger partial charge >= 0.3 is 5.97 Å². The SMILES string of the molecule is CC[C@H](C)c1ccccc1NC(=O)[C@H](C)OC(=O)c1ccc2c(c1)nnn2CC. The van der Waals surface area contributed by atoms with Crippen LogP contribution in [0.2, 0.25) is 0 Å². The van der Waals surface area contributed by atoms with Crippen LogP contribution in [-0.4, -0.2) is 33.0 Å². The van der Waals surface area contributed by atoms with Gasteiger partial charge in [0.25, 0.3) is 5.91 Å². The molecule has 152 valence electrons. The van der Waals surface area contributed by atoms with E-state index in [1.54, 1.807) is 29.8 Å². The van der Waals surface area contributed by atoms with Crippen LogP contribution in [0.1, 0.15) is 56.0 Å². The molecule has 0 saturated carbocycles. The highest BCUT2D eigenvalue weighted by Crippen LogP contribution is 2.26. The lowest BCUT2D eigenvalue weighted by Crippen LogP contribution is -2.30. The second-order valence-corrected chi connectivity index (χ2v) is 7.04. The molecule has 1 amide bonds. The quantitative estimate of drug-likeness (QED) is 0.609. The molecule has 1 heterocycles. The predicted molar refractivity (Wildman–Crippen MR) is 112 cm³/mol. The van der Waals surface area contributed by atoms with Crippen LogP contribution >= 0.6 is 0 Å². The van der Waals surface area contributed by atoms with Crippen LogP contribution < -0.4 is 5.32 Å². The van der Waals surface area contributed by atoms with E-state index in [1.807, 2.05) is 31.2 Å². The van der Waals surface area contributed by atoms with Crippen LogP contribution in [0.4, 0.5) is 5.69 Å². The topological polar surface area (TPSA) is 86.1 Å². The average molecular weight is 394 g/mol. The first-order valence-electron chi connectivity index (χ1n) is 9.88. The van der Waals surface area contributed by atoms with Crippen LogP contribution in [0.3, 0.4) is 0 Å². The lowest BCUT2D eigenvalue weighted by atomic mass is 9.97. The Morgan fingerprint density at radius 2 is 1.90 bits per heavy atom. The molecule has 0 saturated heterocycles. The number of hydrogen-bond donors (Lipinski definition) is 1. The Morgan fingerprint density at radius 3 is 2.62 bits per heavy atom. The summed E-state index contributed by atoms with van der Waals surface area (Å²) in [5.41, 5.74) is 3.59. The Labute approximate surface area is 170 Å². The molecule has 0 fully saturated rings. The molecule has 3 aromatic rings. The van der Waals surface area contributed by atoms with E-state index >= 15 is 0 Å². The number of aryl methyl sites for hydroxylation is 1. The number of esters is 1. The van der Waals surface area contributed by atoms with Crippen LogP contribution in [0.25, 0.3) is 11.0 Å². The number of benzene rings is 2. The molecular weight excluding hydrogens is 368 g/mol. The maximum Gasteiger partial charge on any atom is 0.338 e. The summed E-state index contributed by atoms with van der Waals surface area (Å²) in [7, 11) is 0. The van der Waals surface area contributed by atoms with Gasteiger partial charge in [-0.15, -0.1) is 5.10 Å². The van der Waals surface area contributed by atoms with Crippen LogP contribution in [-0.2, 0) is 16.1 Å². The highest BCUT2D eigenvalue weighted by Gasteiger charge is 2.21. The number of amides is 1. The Bertz CT molecular complexity index is 1030.